The summed E-state index contributed by atoms with van der Waals surface area (Å²) in [5.41, 5.74) is 0. The molecule has 0 radical (unpaired) electrons. The van der Waals surface area contributed by atoms with Crippen LogP contribution in [0.2, 0.25) is 0 Å². The maximum Gasteiger partial charge on any atom is 0.317 e. The first-order valence-corrected chi connectivity index (χ1v) is 8.17. The van der Waals surface area contributed by atoms with Crippen molar-refractivity contribution in [3.63, 3.8) is 0 Å². The summed E-state index contributed by atoms with van der Waals surface area (Å²) < 4.78 is 0. The van der Waals surface area contributed by atoms with Crippen LogP contribution in [0.15, 0.2) is 0 Å². The Bertz CT molecular complexity index is 345. The molecule has 1 aliphatic carbocycles. The van der Waals surface area contributed by atoms with E-state index in [-0.39, 0.29) is 24.4 Å². The zero-order valence-electron chi connectivity index (χ0n) is 11.3. The Morgan fingerprint density at radius 3 is 2.74 bits per heavy atom. The molecular weight excluding hydrogens is 264 g/mol. The maximum absolute atomic E-state index is 12.0. The van der Waals surface area contributed by atoms with E-state index in [0.717, 1.165) is 12.8 Å². The summed E-state index contributed by atoms with van der Waals surface area (Å²) in [6.07, 6.45) is 6.84. The number of thioether (sulfide) groups is 1. The number of hydrogen-bond donors (Lipinski definition) is 2. The Kier molecular flexibility index (Phi) is 4.96. The quantitative estimate of drug-likeness (QED) is 0.826. The van der Waals surface area contributed by atoms with Gasteiger partial charge in [0, 0.05) is 30.3 Å². The Hall–Kier alpha value is -0.910. The van der Waals surface area contributed by atoms with Gasteiger partial charge in [-0.3, -0.25) is 4.79 Å². The molecule has 0 bridgehead atoms. The summed E-state index contributed by atoms with van der Waals surface area (Å²) >= 11 is 1.88. The number of nitrogens with one attached hydrogen (secondary N) is 1. The van der Waals surface area contributed by atoms with Crippen LogP contribution in [0, 0.1) is 5.92 Å². The van der Waals surface area contributed by atoms with Crippen LogP contribution in [-0.4, -0.2) is 52.6 Å². The molecule has 2 N–H and O–H groups in total. The van der Waals surface area contributed by atoms with Crippen molar-refractivity contribution in [3.8, 4) is 0 Å². The Morgan fingerprint density at radius 2 is 2.11 bits per heavy atom. The summed E-state index contributed by atoms with van der Waals surface area (Å²) in [6.45, 7) is 1.16. The molecule has 2 unspecified atom stereocenters. The van der Waals surface area contributed by atoms with Gasteiger partial charge in [-0.2, -0.15) is 11.8 Å². The fourth-order valence-corrected chi connectivity index (χ4v) is 3.69. The van der Waals surface area contributed by atoms with Gasteiger partial charge in [0.05, 0.1) is 6.42 Å². The predicted octanol–water partition coefficient (Wildman–Crippen LogP) is 1.78. The number of carbonyl (C=O) groups excluding carboxylic acids is 1. The number of carboxylic acids is 1. The van der Waals surface area contributed by atoms with Crippen LogP contribution in [0.5, 0.6) is 0 Å². The van der Waals surface area contributed by atoms with E-state index >= 15 is 0 Å². The Morgan fingerprint density at radius 1 is 1.37 bits per heavy atom. The minimum absolute atomic E-state index is 0.0200. The molecule has 1 saturated carbocycles. The Balaban J connectivity index is 1.69. The summed E-state index contributed by atoms with van der Waals surface area (Å²) in [4.78, 5) is 24.2. The van der Waals surface area contributed by atoms with E-state index in [9.17, 15) is 9.59 Å². The first kappa shape index (κ1) is 14.5. The van der Waals surface area contributed by atoms with E-state index in [4.69, 9.17) is 5.11 Å². The first-order valence-electron chi connectivity index (χ1n) is 6.88. The second-order valence-corrected chi connectivity index (χ2v) is 6.68. The van der Waals surface area contributed by atoms with Crippen molar-refractivity contribution >= 4 is 23.8 Å². The number of hydrogen-bond acceptors (Lipinski definition) is 3. The van der Waals surface area contributed by atoms with Crippen molar-refractivity contribution in [2.24, 2.45) is 5.92 Å². The molecule has 2 amide bonds. The van der Waals surface area contributed by atoms with Gasteiger partial charge in [0.25, 0.3) is 0 Å². The van der Waals surface area contributed by atoms with Gasteiger partial charge in [0.15, 0.2) is 0 Å². The van der Waals surface area contributed by atoms with Gasteiger partial charge in [-0.1, -0.05) is 6.42 Å². The molecule has 1 heterocycles. The van der Waals surface area contributed by atoms with Crippen LogP contribution < -0.4 is 5.32 Å². The molecule has 2 atom stereocenters. The molecule has 2 aliphatic rings. The molecular formula is C13H22N2O3S. The van der Waals surface area contributed by atoms with Gasteiger partial charge in [-0.15, -0.1) is 0 Å². The van der Waals surface area contributed by atoms with Crippen molar-refractivity contribution in [1.82, 2.24) is 10.2 Å². The minimum Gasteiger partial charge on any atom is -0.481 e. The summed E-state index contributed by atoms with van der Waals surface area (Å²) in [5, 5.41) is 12.4. The molecule has 1 saturated heterocycles. The molecule has 0 spiro atoms. The van der Waals surface area contributed by atoms with Crippen molar-refractivity contribution in [2.45, 2.75) is 43.4 Å². The number of nitrogens with zero attached hydrogens (tertiary/aromatic N) is 1. The van der Waals surface area contributed by atoms with Crippen molar-refractivity contribution < 1.29 is 14.7 Å². The number of carbonyl (C=O) groups is 2. The molecule has 0 aromatic heterocycles. The van der Waals surface area contributed by atoms with Gasteiger partial charge in [-0.25, -0.2) is 4.79 Å². The van der Waals surface area contributed by atoms with Crippen molar-refractivity contribution in [3.05, 3.63) is 0 Å². The smallest absolute Gasteiger partial charge is 0.317 e. The lowest BCUT2D eigenvalue weighted by Gasteiger charge is -2.40. The monoisotopic (exact) mass is 286 g/mol. The highest BCUT2D eigenvalue weighted by atomic mass is 32.2. The highest BCUT2D eigenvalue weighted by molar-refractivity contribution is 7.99. The van der Waals surface area contributed by atoms with E-state index in [1.165, 1.54) is 12.8 Å². The molecule has 5 nitrogen and oxygen atoms in total. The van der Waals surface area contributed by atoms with Gasteiger partial charge < -0.3 is 15.3 Å². The first-order chi connectivity index (χ1) is 9.08. The molecule has 2 fully saturated rings. The third-order valence-corrected chi connectivity index (χ3v) is 5.09. The molecule has 19 heavy (non-hydrogen) atoms. The highest BCUT2D eigenvalue weighted by Crippen LogP contribution is 2.27. The number of likely N-dealkylation sites (tertiary alicyclic amines) is 1. The maximum atomic E-state index is 12.0. The van der Waals surface area contributed by atoms with Crippen LogP contribution in [0.4, 0.5) is 4.79 Å². The number of amides is 2. The minimum atomic E-state index is -0.778. The molecule has 0 aromatic rings. The summed E-state index contributed by atoms with van der Waals surface area (Å²) in [6, 6.07) is 0.269. The topological polar surface area (TPSA) is 69.6 Å². The zero-order chi connectivity index (χ0) is 13.8. The standard InChI is InChI=1S/C13H22N2O3S/c1-19-11-4-2-3-10(6-11)14-13(18)15-7-9(8-15)5-12(16)17/h9-11H,2-8H2,1H3,(H,14,18)(H,16,17). The van der Waals surface area contributed by atoms with E-state index in [1.807, 2.05) is 11.8 Å². The van der Waals surface area contributed by atoms with E-state index in [1.54, 1.807) is 4.90 Å². The van der Waals surface area contributed by atoms with Crippen molar-refractivity contribution in [2.75, 3.05) is 19.3 Å². The number of aliphatic carboxylic acids is 1. The lowest BCUT2D eigenvalue weighted by Crippen LogP contribution is -2.56. The fraction of sp³-hybridized carbons (Fsp3) is 0.846. The summed E-state index contributed by atoms with van der Waals surface area (Å²) in [7, 11) is 0. The third-order valence-electron chi connectivity index (χ3n) is 3.99. The average Bonchev–Trinajstić information content (AvgIpc) is 2.33. The van der Waals surface area contributed by atoms with Crippen LogP contribution in [0.25, 0.3) is 0 Å². The lowest BCUT2D eigenvalue weighted by molar-refractivity contribution is -0.139. The Labute approximate surface area is 118 Å². The van der Waals surface area contributed by atoms with Crippen molar-refractivity contribution in [1.29, 1.82) is 0 Å². The number of urea groups is 1. The largest absolute Gasteiger partial charge is 0.481 e. The average molecular weight is 286 g/mol. The SMILES string of the molecule is CSC1CCCC(NC(=O)N2CC(CC(=O)O)C2)C1. The van der Waals surface area contributed by atoms with Gasteiger partial charge in [0.2, 0.25) is 0 Å². The third kappa shape index (κ3) is 4.03. The van der Waals surface area contributed by atoms with E-state index < -0.39 is 5.97 Å². The number of carboxylic acid groups (broad SMARTS) is 1. The second-order valence-electron chi connectivity index (χ2n) is 5.54. The molecule has 108 valence electrons. The second kappa shape index (κ2) is 6.50. The van der Waals surface area contributed by atoms with Gasteiger partial charge in [-0.05, 0) is 25.5 Å². The van der Waals surface area contributed by atoms with Crippen LogP contribution in [0.3, 0.4) is 0 Å². The molecule has 6 heteroatoms. The fourth-order valence-electron chi connectivity index (χ4n) is 2.87. The zero-order valence-corrected chi connectivity index (χ0v) is 12.1. The van der Waals surface area contributed by atoms with Crippen LogP contribution in [0.1, 0.15) is 32.1 Å². The number of rotatable bonds is 4. The lowest BCUT2D eigenvalue weighted by atomic mass is 9.94. The molecule has 1 aliphatic heterocycles. The van der Waals surface area contributed by atoms with Crippen LogP contribution in [-0.2, 0) is 4.79 Å². The molecule has 0 aromatic carbocycles. The summed E-state index contributed by atoms with van der Waals surface area (Å²) in [5.74, 6) is -0.645. The van der Waals surface area contributed by atoms with Gasteiger partial charge in [0.1, 0.15) is 0 Å². The molecule has 2 rings (SSSR count). The van der Waals surface area contributed by atoms with Crippen LogP contribution >= 0.6 is 11.8 Å². The highest BCUT2D eigenvalue weighted by Gasteiger charge is 2.33. The predicted molar refractivity (Wildman–Crippen MR) is 75.4 cm³/mol. The normalized spacial score (nSPS) is 27.7. The van der Waals surface area contributed by atoms with Gasteiger partial charge >= 0.3 is 12.0 Å². The van der Waals surface area contributed by atoms with E-state index in [2.05, 4.69) is 11.6 Å². The van der Waals surface area contributed by atoms with E-state index in [0.29, 0.717) is 18.3 Å².